The van der Waals surface area contributed by atoms with Crippen molar-refractivity contribution in [2.75, 3.05) is 26.7 Å². The Morgan fingerprint density at radius 1 is 1.20 bits per heavy atom. The number of aryl methyl sites for hydroxylation is 2. The van der Waals surface area contributed by atoms with E-state index in [0.29, 0.717) is 29.3 Å². The third kappa shape index (κ3) is 3.07. The number of carbonyl (C=O) groups is 1. The van der Waals surface area contributed by atoms with Gasteiger partial charge in [-0.05, 0) is 37.9 Å². The number of hydrogen-bond donors (Lipinski definition) is 0. The summed E-state index contributed by atoms with van der Waals surface area (Å²) in [5, 5.41) is 3.88. The Morgan fingerprint density at radius 3 is 2.64 bits per heavy atom. The fourth-order valence-electron chi connectivity index (χ4n) is 4.44. The highest BCUT2D eigenvalue weighted by atomic mass is 35.5. The molecule has 25 heavy (non-hydrogen) atoms. The largest absolute Gasteiger partial charge is 0.361 e. The number of amides is 1. The van der Waals surface area contributed by atoms with Crippen LogP contribution in [0.2, 0.25) is 0 Å². The average molecular weight is 362 g/mol. The molecule has 0 radical (unpaired) electrons. The van der Waals surface area contributed by atoms with Gasteiger partial charge in [0.25, 0.3) is 5.91 Å². The number of carbonyl (C=O) groups excluding carboxylic acids is 1. The lowest BCUT2D eigenvalue weighted by molar-refractivity contribution is 0.0757. The van der Waals surface area contributed by atoms with Crippen molar-refractivity contribution in [1.82, 2.24) is 15.0 Å². The standard InChI is InChI=1S/C19H23N3O2.ClH/c1-12-6-4-5-7-15(12)18-16-11-22(10-14(16)9-21(18)3)19(23)17-8-13(2)24-20-17;/h4-8,14,16,18H,9-11H2,1-3H3;1H/t14-,16+,18+;/m0./s1. The summed E-state index contributed by atoms with van der Waals surface area (Å²) in [6.45, 7) is 6.62. The molecule has 6 heteroatoms. The molecule has 0 N–H and O–H groups in total. The molecule has 0 saturated carbocycles. The van der Waals surface area contributed by atoms with Crippen molar-refractivity contribution >= 4 is 18.3 Å². The van der Waals surface area contributed by atoms with Gasteiger partial charge >= 0.3 is 0 Å². The van der Waals surface area contributed by atoms with Crippen LogP contribution < -0.4 is 0 Å². The molecule has 3 atom stereocenters. The van der Waals surface area contributed by atoms with Crippen LogP contribution >= 0.6 is 12.4 Å². The highest BCUT2D eigenvalue weighted by Crippen LogP contribution is 2.45. The van der Waals surface area contributed by atoms with Crippen molar-refractivity contribution in [1.29, 1.82) is 0 Å². The van der Waals surface area contributed by atoms with E-state index < -0.39 is 0 Å². The van der Waals surface area contributed by atoms with Crippen LogP contribution in [0.5, 0.6) is 0 Å². The lowest BCUT2D eigenvalue weighted by Gasteiger charge is -2.27. The summed E-state index contributed by atoms with van der Waals surface area (Å²) in [7, 11) is 2.20. The van der Waals surface area contributed by atoms with E-state index in [0.717, 1.165) is 19.6 Å². The van der Waals surface area contributed by atoms with Gasteiger partial charge in [-0.2, -0.15) is 0 Å². The average Bonchev–Trinajstić information content (AvgIpc) is 3.22. The molecule has 0 bridgehead atoms. The summed E-state index contributed by atoms with van der Waals surface area (Å²) in [5.74, 6) is 1.67. The number of halogens is 1. The summed E-state index contributed by atoms with van der Waals surface area (Å²) >= 11 is 0. The molecule has 1 amide bonds. The van der Waals surface area contributed by atoms with Crippen LogP contribution in [0.3, 0.4) is 0 Å². The minimum absolute atomic E-state index is 0. The number of likely N-dealkylation sites (tertiary alicyclic amines) is 2. The van der Waals surface area contributed by atoms with Crippen LogP contribution in [0.15, 0.2) is 34.9 Å². The number of fused-ring (bicyclic) bond motifs is 1. The Bertz CT molecular complexity index is 776. The van der Waals surface area contributed by atoms with E-state index in [9.17, 15) is 4.79 Å². The molecule has 134 valence electrons. The van der Waals surface area contributed by atoms with Gasteiger partial charge in [-0.3, -0.25) is 9.69 Å². The van der Waals surface area contributed by atoms with Gasteiger partial charge in [0.15, 0.2) is 5.69 Å². The summed E-state index contributed by atoms with van der Waals surface area (Å²) in [5.41, 5.74) is 3.14. The van der Waals surface area contributed by atoms with Gasteiger partial charge < -0.3 is 9.42 Å². The van der Waals surface area contributed by atoms with Crippen molar-refractivity contribution in [2.24, 2.45) is 11.8 Å². The fourth-order valence-corrected chi connectivity index (χ4v) is 4.44. The van der Waals surface area contributed by atoms with Crippen LogP contribution in [0.25, 0.3) is 0 Å². The van der Waals surface area contributed by atoms with Crippen LogP contribution in [-0.2, 0) is 0 Å². The first-order valence-electron chi connectivity index (χ1n) is 8.53. The second kappa shape index (κ2) is 6.81. The lowest BCUT2D eigenvalue weighted by Crippen LogP contribution is -2.33. The number of rotatable bonds is 2. The van der Waals surface area contributed by atoms with E-state index in [1.165, 1.54) is 11.1 Å². The van der Waals surface area contributed by atoms with Gasteiger partial charge in [0.05, 0.1) is 0 Å². The third-order valence-electron chi connectivity index (χ3n) is 5.54. The van der Waals surface area contributed by atoms with E-state index in [1.807, 2.05) is 11.8 Å². The van der Waals surface area contributed by atoms with Crippen molar-refractivity contribution in [2.45, 2.75) is 19.9 Å². The highest BCUT2D eigenvalue weighted by Gasteiger charge is 2.47. The number of hydrogen-bond acceptors (Lipinski definition) is 4. The molecule has 5 nitrogen and oxygen atoms in total. The van der Waals surface area contributed by atoms with Crippen LogP contribution in [-0.4, -0.2) is 47.5 Å². The molecule has 2 aliphatic rings. The minimum atomic E-state index is -0.00700. The van der Waals surface area contributed by atoms with Crippen LogP contribution in [0.4, 0.5) is 0 Å². The van der Waals surface area contributed by atoms with Crippen molar-refractivity contribution < 1.29 is 9.32 Å². The molecule has 2 saturated heterocycles. The Morgan fingerprint density at radius 2 is 1.96 bits per heavy atom. The first kappa shape index (κ1) is 18.0. The first-order chi connectivity index (χ1) is 11.5. The molecule has 2 fully saturated rings. The van der Waals surface area contributed by atoms with E-state index >= 15 is 0 Å². The summed E-state index contributed by atoms with van der Waals surface area (Å²) < 4.78 is 5.06. The van der Waals surface area contributed by atoms with Gasteiger partial charge in [0.1, 0.15) is 5.76 Å². The van der Waals surface area contributed by atoms with Gasteiger partial charge in [-0.15, -0.1) is 12.4 Å². The molecule has 3 heterocycles. The number of benzene rings is 1. The van der Waals surface area contributed by atoms with Gasteiger partial charge in [-0.1, -0.05) is 29.4 Å². The maximum atomic E-state index is 12.7. The number of nitrogens with zero attached hydrogens (tertiary/aromatic N) is 3. The molecular weight excluding hydrogens is 338 g/mol. The van der Waals surface area contributed by atoms with Crippen LogP contribution in [0, 0.1) is 25.7 Å². The molecule has 0 aliphatic carbocycles. The van der Waals surface area contributed by atoms with Crippen molar-refractivity contribution in [3.05, 3.63) is 52.9 Å². The molecule has 1 aromatic carbocycles. The van der Waals surface area contributed by atoms with E-state index in [4.69, 9.17) is 4.52 Å². The molecule has 2 aromatic rings. The quantitative estimate of drug-likeness (QED) is 0.824. The van der Waals surface area contributed by atoms with Gasteiger partial charge in [0, 0.05) is 37.7 Å². The zero-order chi connectivity index (χ0) is 16.8. The van der Waals surface area contributed by atoms with Gasteiger partial charge in [0.2, 0.25) is 0 Å². The normalized spacial score (nSPS) is 25.7. The third-order valence-corrected chi connectivity index (χ3v) is 5.54. The molecule has 4 rings (SSSR count). The SMILES string of the molecule is Cc1cc(C(=O)N2C[C@@H]3CN(C)[C@H](c4ccccc4C)[C@@H]3C2)no1.Cl. The monoisotopic (exact) mass is 361 g/mol. The molecule has 0 unspecified atom stereocenters. The molecule has 0 spiro atoms. The first-order valence-corrected chi connectivity index (χ1v) is 8.53. The molecule has 2 aliphatic heterocycles. The second-order valence-corrected chi connectivity index (χ2v) is 7.20. The highest BCUT2D eigenvalue weighted by molar-refractivity contribution is 5.92. The lowest BCUT2D eigenvalue weighted by atomic mass is 9.88. The van der Waals surface area contributed by atoms with Crippen molar-refractivity contribution in [3.63, 3.8) is 0 Å². The zero-order valence-electron chi connectivity index (χ0n) is 14.8. The van der Waals surface area contributed by atoms with Crippen LogP contribution in [0.1, 0.15) is 33.4 Å². The second-order valence-electron chi connectivity index (χ2n) is 7.20. The predicted octanol–water partition coefficient (Wildman–Crippen LogP) is 3.09. The zero-order valence-corrected chi connectivity index (χ0v) is 15.6. The summed E-state index contributed by atoms with van der Waals surface area (Å²) in [6.07, 6.45) is 0. The Hall–Kier alpha value is -1.85. The summed E-state index contributed by atoms with van der Waals surface area (Å²) in [6, 6.07) is 10.7. The van der Waals surface area contributed by atoms with E-state index in [1.54, 1.807) is 6.07 Å². The van der Waals surface area contributed by atoms with E-state index in [-0.39, 0.29) is 18.3 Å². The maximum absolute atomic E-state index is 12.7. The number of aromatic nitrogens is 1. The Balaban J connectivity index is 0.00000182. The predicted molar refractivity (Wildman–Crippen MR) is 97.9 cm³/mol. The maximum Gasteiger partial charge on any atom is 0.276 e. The Kier molecular flexibility index (Phi) is 4.89. The molecule has 1 aromatic heterocycles. The van der Waals surface area contributed by atoms with Gasteiger partial charge in [-0.25, -0.2) is 0 Å². The minimum Gasteiger partial charge on any atom is -0.361 e. The molecular formula is C19H24ClN3O2. The topological polar surface area (TPSA) is 49.6 Å². The smallest absolute Gasteiger partial charge is 0.276 e. The van der Waals surface area contributed by atoms with E-state index in [2.05, 4.69) is 48.3 Å². The van der Waals surface area contributed by atoms with Crippen molar-refractivity contribution in [3.8, 4) is 0 Å². The fraction of sp³-hybridized carbons (Fsp3) is 0.474. The Labute approximate surface area is 154 Å². The summed E-state index contributed by atoms with van der Waals surface area (Å²) in [4.78, 5) is 17.1.